The van der Waals surface area contributed by atoms with Crippen LogP contribution in [0.15, 0.2) is 53.5 Å². The number of halogens is 1. The van der Waals surface area contributed by atoms with Crippen LogP contribution in [0.25, 0.3) is 0 Å². The molecular weight excluding hydrogens is 382 g/mol. The number of anilines is 1. The molecule has 1 aliphatic heterocycles. The summed E-state index contributed by atoms with van der Waals surface area (Å²) >= 11 is 7.36. The van der Waals surface area contributed by atoms with E-state index in [4.69, 9.17) is 11.6 Å². The normalized spacial score (nSPS) is 19.0. The Morgan fingerprint density at radius 1 is 1.26 bits per heavy atom. The van der Waals surface area contributed by atoms with Crippen LogP contribution in [-0.2, 0) is 9.59 Å². The van der Waals surface area contributed by atoms with Crippen LogP contribution in [0.1, 0.15) is 30.5 Å². The minimum Gasteiger partial charge on any atom is -0.326 e. The first kappa shape index (κ1) is 19.5. The average Bonchev–Trinajstić information content (AvgIpc) is 2.98. The number of carbonyl (C=O) groups excluding carboxylic acids is 2. The van der Waals surface area contributed by atoms with Crippen molar-refractivity contribution in [1.82, 2.24) is 5.32 Å². The van der Waals surface area contributed by atoms with Crippen LogP contribution in [0.4, 0.5) is 5.69 Å². The first-order valence-electron chi connectivity index (χ1n) is 8.59. The van der Waals surface area contributed by atoms with Gasteiger partial charge in [0.15, 0.2) is 5.17 Å². The van der Waals surface area contributed by atoms with Crippen LogP contribution in [0.3, 0.4) is 0 Å². The molecule has 7 heteroatoms. The Hall–Kier alpha value is -2.31. The smallest absolute Gasteiger partial charge is 0.240 e. The third-order valence-electron chi connectivity index (χ3n) is 4.28. The van der Waals surface area contributed by atoms with Gasteiger partial charge in [0.1, 0.15) is 5.25 Å². The summed E-state index contributed by atoms with van der Waals surface area (Å²) < 4.78 is 0. The van der Waals surface area contributed by atoms with Gasteiger partial charge in [-0.1, -0.05) is 59.8 Å². The largest absolute Gasteiger partial charge is 0.326 e. The van der Waals surface area contributed by atoms with Gasteiger partial charge in [0.2, 0.25) is 11.8 Å². The van der Waals surface area contributed by atoms with Gasteiger partial charge in [-0.3, -0.25) is 14.6 Å². The predicted molar refractivity (Wildman–Crippen MR) is 111 cm³/mol. The van der Waals surface area contributed by atoms with E-state index in [9.17, 15) is 9.59 Å². The molecule has 0 bridgehead atoms. The van der Waals surface area contributed by atoms with Gasteiger partial charge in [-0.15, -0.1) is 0 Å². The highest BCUT2D eigenvalue weighted by Gasteiger charge is 2.32. The minimum atomic E-state index is -0.494. The van der Waals surface area contributed by atoms with E-state index >= 15 is 0 Å². The van der Waals surface area contributed by atoms with Gasteiger partial charge in [0.05, 0.1) is 6.04 Å². The number of carbonyl (C=O) groups is 2. The second kappa shape index (κ2) is 8.59. The highest BCUT2D eigenvalue weighted by atomic mass is 35.5. The van der Waals surface area contributed by atoms with Crippen LogP contribution in [0.2, 0.25) is 5.02 Å². The molecule has 0 aliphatic carbocycles. The molecular formula is C20H20ClN3O2S. The van der Waals surface area contributed by atoms with Gasteiger partial charge in [-0.25, -0.2) is 0 Å². The van der Waals surface area contributed by atoms with E-state index < -0.39 is 5.25 Å². The molecule has 1 aliphatic rings. The zero-order chi connectivity index (χ0) is 19.4. The van der Waals surface area contributed by atoms with E-state index in [1.807, 2.05) is 44.2 Å². The van der Waals surface area contributed by atoms with Crippen molar-refractivity contribution >= 4 is 46.0 Å². The number of rotatable bonds is 5. The van der Waals surface area contributed by atoms with Crippen LogP contribution in [0, 0.1) is 6.92 Å². The molecule has 0 spiro atoms. The van der Waals surface area contributed by atoms with E-state index in [0.29, 0.717) is 15.9 Å². The van der Waals surface area contributed by atoms with Gasteiger partial charge < -0.3 is 10.6 Å². The number of benzene rings is 2. The Morgan fingerprint density at radius 2 is 2.00 bits per heavy atom. The lowest BCUT2D eigenvalue weighted by Gasteiger charge is -2.10. The number of aliphatic imine (C=N–C) groups is 1. The molecule has 5 nitrogen and oxygen atoms in total. The van der Waals surface area contributed by atoms with Crippen LogP contribution in [-0.4, -0.2) is 22.2 Å². The Labute approximate surface area is 167 Å². The molecule has 2 atom stereocenters. The maximum Gasteiger partial charge on any atom is 0.240 e. The Bertz CT molecular complexity index is 886. The first-order chi connectivity index (χ1) is 12.9. The summed E-state index contributed by atoms with van der Waals surface area (Å²) in [5.41, 5.74) is 2.52. The van der Waals surface area contributed by atoms with Crippen molar-refractivity contribution in [3.63, 3.8) is 0 Å². The average molecular weight is 402 g/mol. The van der Waals surface area contributed by atoms with E-state index in [1.54, 1.807) is 18.2 Å². The number of nitrogens with one attached hydrogen (secondary N) is 2. The summed E-state index contributed by atoms with van der Waals surface area (Å²) in [6.07, 6.45) is 0.0706. The third kappa shape index (κ3) is 4.90. The van der Waals surface area contributed by atoms with Gasteiger partial charge in [-0.05, 0) is 37.1 Å². The first-order valence-corrected chi connectivity index (χ1v) is 9.85. The summed E-state index contributed by atoms with van der Waals surface area (Å²) in [5, 5.41) is 6.23. The third-order valence-corrected chi connectivity index (χ3v) is 5.79. The highest BCUT2D eigenvalue weighted by Crippen LogP contribution is 2.27. The molecule has 0 unspecified atom stereocenters. The topological polar surface area (TPSA) is 70.6 Å². The lowest BCUT2D eigenvalue weighted by molar-refractivity contribution is -0.122. The zero-order valence-electron chi connectivity index (χ0n) is 15.0. The molecule has 2 aromatic rings. The number of hydrogen-bond acceptors (Lipinski definition) is 4. The molecule has 0 aromatic heterocycles. The summed E-state index contributed by atoms with van der Waals surface area (Å²) in [4.78, 5) is 29.1. The molecule has 2 amide bonds. The lowest BCUT2D eigenvalue weighted by atomic mass is 10.1. The number of thioether (sulfide) groups is 1. The maximum absolute atomic E-state index is 12.3. The van der Waals surface area contributed by atoms with Crippen molar-refractivity contribution in [3.05, 3.63) is 64.7 Å². The number of hydrogen-bond donors (Lipinski definition) is 2. The van der Waals surface area contributed by atoms with Crippen LogP contribution < -0.4 is 10.6 Å². The van der Waals surface area contributed by atoms with Crippen molar-refractivity contribution < 1.29 is 9.59 Å². The van der Waals surface area contributed by atoms with E-state index in [2.05, 4.69) is 15.6 Å². The summed E-state index contributed by atoms with van der Waals surface area (Å²) in [6, 6.07) is 15.1. The fourth-order valence-corrected chi connectivity index (χ4v) is 3.92. The van der Waals surface area contributed by atoms with Crippen LogP contribution >= 0.6 is 23.4 Å². The van der Waals surface area contributed by atoms with Crippen molar-refractivity contribution in [2.24, 2.45) is 4.99 Å². The van der Waals surface area contributed by atoms with Crippen molar-refractivity contribution in [2.45, 2.75) is 31.6 Å². The van der Waals surface area contributed by atoms with Crippen molar-refractivity contribution in [2.75, 3.05) is 5.32 Å². The van der Waals surface area contributed by atoms with Gasteiger partial charge in [-0.2, -0.15) is 0 Å². The quantitative estimate of drug-likeness (QED) is 0.783. The summed E-state index contributed by atoms with van der Waals surface area (Å²) in [7, 11) is 0. The molecule has 27 heavy (non-hydrogen) atoms. The monoisotopic (exact) mass is 401 g/mol. The highest BCUT2D eigenvalue weighted by molar-refractivity contribution is 8.15. The van der Waals surface area contributed by atoms with Gasteiger partial charge >= 0.3 is 0 Å². The molecule has 1 heterocycles. The summed E-state index contributed by atoms with van der Waals surface area (Å²) in [6.45, 7) is 3.81. The maximum atomic E-state index is 12.3. The number of nitrogens with zero attached hydrogens (tertiary/aromatic N) is 1. The molecule has 140 valence electrons. The Balaban J connectivity index is 1.61. The molecule has 1 saturated heterocycles. The zero-order valence-corrected chi connectivity index (χ0v) is 16.6. The SMILES string of the molecule is Cc1c(Cl)cccc1NC(=O)C[C@@H]1SC(=N[C@@H](C)c2ccccc2)NC1=O. The fourth-order valence-electron chi connectivity index (χ4n) is 2.70. The second-order valence-electron chi connectivity index (χ2n) is 6.28. The van der Waals surface area contributed by atoms with Crippen LogP contribution in [0.5, 0.6) is 0 Å². The lowest BCUT2D eigenvalue weighted by Crippen LogP contribution is -2.28. The van der Waals surface area contributed by atoms with Crippen molar-refractivity contribution in [3.8, 4) is 0 Å². The second-order valence-corrected chi connectivity index (χ2v) is 7.88. The molecule has 1 fully saturated rings. The number of amidine groups is 1. The molecule has 0 radical (unpaired) electrons. The Morgan fingerprint density at radius 3 is 2.74 bits per heavy atom. The molecule has 2 aromatic carbocycles. The van der Waals surface area contributed by atoms with Gasteiger partial charge in [0, 0.05) is 17.1 Å². The Kier molecular flexibility index (Phi) is 6.19. The van der Waals surface area contributed by atoms with Gasteiger partial charge in [0.25, 0.3) is 0 Å². The summed E-state index contributed by atoms with van der Waals surface area (Å²) in [5.74, 6) is -0.428. The van der Waals surface area contributed by atoms with E-state index in [0.717, 1.165) is 11.1 Å². The minimum absolute atomic E-state index is 0.0706. The fraction of sp³-hybridized carbons (Fsp3) is 0.250. The predicted octanol–water partition coefficient (Wildman–Crippen LogP) is 4.33. The molecule has 2 N–H and O–H groups in total. The van der Waals surface area contributed by atoms with E-state index in [1.165, 1.54) is 11.8 Å². The number of amides is 2. The standard InChI is InChI=1S/C20H20ClN3O2S/c1-12-15(21)9-6-10-16(12)23-18(25)11-17-19(26)24-20(27-17)22-13(2)14-7-4-3-5-8-14/h3-10,13,17H,11H2,1-2H3,(H,23,25)(H,22,24,26)/t13-,17-/m0/s1. The molecule has 0 saturated carbocycles. The van der Waals surface area contributed by atoms with Crippen molar-refractivity contribution in [1.29, 1.82) is 0 Å². The molecule has 3 rings (SSSR count). The van der Waals surface area contributed by atoms with E-state index in [-0.39, 0.29) is 24.3 Å².